The fraction of sp³-hybridized carbons (Fsp3) is 0.938. The number of ether oxygens (including phenoxy) is 2. The molecule has 134 valence electrons. The SMILES string of the molecule is CCCCCCC(C)NC(=NC)NCCCOCCOC.I. The Kier molecular flexibility index (Phi) is 20.8. The second-order valence-corrected chi connectivity index (χ2v) is 5.35. The number of unbranched alkanes of at least 4 members (excludes halogenated alkanes) is 3. The van der Waals surface area contributed by atoms with Gasteiger partial charge in [0.15, 0.2) is 5.96 Å². The van der Waals surface area contributed by atoms with E-state index in [1.807, 2.05) is 7.05 Å². The van der Waals surface area contributed by atoms with Crippen LogP contribution < -0.4 is 10.6 Å². The largest absolute Gasteiger partial charge is 0.382 e. The van der Waals surface area contributed by atoms with Crippen LogP contribution in [-0.2, 0) is 9.47 Å². The third-order valence-electron chi connectivity index (χ3n) is 3.29. The van der Waals surface area contributed by atoms with Crippen LogP contribution in [-0.4, -0.2) is 52.5 Å². The average molecular weight is 429 g/mol. The van der Waals surface area contributed by atoms with Crippen LogP contribution in [0.4, 0.5) is 0 Å². The average Bonchev–Trinajstić information content (AvgIpc) is 2.49. The Balaban J connectivity index is 0. The van der Waals surface area contributed by atoms with Crippen LogP contribution in [0.3, 0.4) is 0 Å². The zero-order valence-corrected chi connectivity index (χ0v) is 17.2. The van der Waals surface area contributed by atoms with Crippen molar-refractivity contribution in [2.24, 2.45) is 4.99 Å². The van der Waals surface area contributed by atoms with Gasteiger partial charge in [-0.15, -0.1) is 24.0 Å². The third-order valence-corrected chi connectivity index (χ3v) is 3.29. The molecule has 1 atom stereocenters. The minimum Gasteiger partial charge on any atom is -0.382 e. The Bertz CT molecular complexity index is 254. The van der Waals surface area contributed by atoms with Crippen LogP contribution in [0, 0.1) is 0 Å². The van der Waals surface area contributed by atoms with E-state index in [1.165, 1.54) is 32.1 Å². The van der Waals surface area contributed by atoms with Gasteiger partial charge in [0.25, 0.3) is 0 Å². The van der Waals surface area contributed by atoms with Crippen molar-refractivity contribution < 1.29 is 9.47 Å². The molecule has 5 nitrogen and oxygen atoms in total. The lowest BCUT2D eigenvalue weighted by Crippen LogP contribution is -2.42. The molecule has 0 aromatic rings. The first-order valence-electron chi connectivity index (χ1n) is 8.28. The maximum atomic E-state index is 5.42. The number of rotatable bonds is 13. The van der Waals surface area contributed by atoms with Gasteiger partial charge in [-0.25, -0.2) is 0 Å². The molecule has 0 radical (unpaired) electrons. The Labute approximate surface area is 154 Å². The number of aliphatic imine (C=N–C) groups is 1. The molecule has 6 heteroatoms. The summed E-state index contributed by atoms with van der Waals surface area (Å²) in [4.78, 5) is 4.25. The van der Waals surface area contributed by atoms with Crippen molar-refractivity contribution >= 4 is 29.9 Å². The molecule has 22 heavy (non-hydrogen) atoms. The van der Waals surface area contributed by atoms with Gasteiger partial charge in [0.2, 0.25) is 0 Å². The number of nitrogens with zero attached hydrogens (tertiary/aromatic N) is 1. The molecular weight excluding hydrogens is 393 g/mol. The van der Waals surface area contributed by atoms with Crippen molar-refractivity contribution in [3.05, 3.63) is 0 Å². The van der Waals surface area contributed by atoms with E-state index in [0.29, 0.717) is 19.3 Å². The second-order valence-electron chi connectivity index (χ2n) is 5.35. The Morgan fingerprint density at radius 3 is 2.50 bits per heavy atom. The summed E-state index contributed by atoms with van der Waals surface area (Å²) in [6, 6.07) is 0.464. The van der Waals surface area contributed by atoms with E-state index in [9.17, 15) is 0 Å². The zero-order valence-electron chi connectivity index (χ0n) is 14.8. The van der Waals surface area contributed by atoms with E-state index in [2.05, 4.69) is 29.5 Å². The van der Waals surface area contributed by atoms with Crippen LogP contribution in [0.5, 0.6) is 0 Å². The number of hydrogen-bond acceptors (Lipinski definition) is 3. The molecule has 0 aliphatic heterocycles. The van der Waals surface area contributed by atoms with Crippen molar-refractivity contribution in [2.75, 3.05) is 40.5 Å². The molecule has 0 aliphatic carbocycles. The molecule has 0 amide bonds. The summed E-state index contributed by atoms with van der Waals surface area (Å²) in [5.74, 6) is 0.884. The normalized spacial score (nSPS) is 12.6. The second kappa shape index (κ2) is 19.0. The van der Waals surface area contributed by atoms with E-state index in [0.717, 1.165) is 25.5 Å². The molecular formula is C16H36IN3O2. The monoisotopic (exact) mass is 429 g/mol. The standard InChI is InChI=1S/C16H35N3O2.HI/c1-5-6-7-8-10-15(2)19-16(17-3)18-11-9-12-21-14-13-20-4;/h15H,5-14H2,1-4H3,(H2,17,18,19);1H. The summed E-state index contributed by atoms with van der Waals surface area (Å²) in [6.45, 7) is 7.40. The molecule has 0 saturated carbocycles. The van der Waals surface area contributed by atoms with Crippen molar-refractivity contribution in [2.45, 2.75) is 58.4 Å². The lowest BCUT2D eigenvalue weighted by Gasteiger charge is -2.17. The van der Waals surface area contributed by atoms with Crippen molar-refractivity contribution in [1.82, 2.24) is 10.6 Å². The van der Waals surface area contributed by atoms with Crippen molar-refractivity contribution in [1.29, 1.82) is 0 Å². The van der Waals surface area contributed by atoms with Gasteiger partial charge >= 0.3 is 0 Å². The van der Waals surface area contributed by atoms with E-state index < -0.39 is 0 Å². The van der Waals surface area contributed by atoms with Crippen LogP contribution in [0.2, 0.25) is 0 Å². The zero-order chi connectivity index (χ0) is 15.8. The van der Waals surface area contributed by atoms with Gasteiger partial charge in [-0.3, -0.25) is 4.99 Å². The van der Waals surface area contributed by atoms with Gasteiger partial charge in [0.05, 0.1) is 13.2 Å². The van der Waals surface area contributed by atoms with E-state index in [4.69, 9.17) is 9.47 Å². The highest BCUT2D eigenvalue weighted by Crippen LogP contribution is 2.04. The van der Waals surface area contributed by atoms with Crippen LogP contribution in [0.25, 0.3) is 0 Å². The van der Waals surface area contributed by atoms with Crippen LogP contribution >= 0.6 is 24.0 Å². The summed E-state index contributed by atoms with van der Waals surface area (Å²) in [7, 11) is 3.50. The molecule has 1 unspecified atom stereocenters. The lowest BCUT2D eigenvalue weighted by molar-refractivity contribution is 0.0698. The van der Waals surface area contributed by atoms with Gasteiger partial charge in [-0.05, 0) is 19.8 Å². The molecule has 0 fully saturated rings. The number of methoxy groups -OCH3 is 1. The van der Waals surface area contributed by atoms with Gasteiger partial charge in [0.1, 0.15) is 0 Å². The molecule has 0 spiro atoms. The van der Waals surface area contributed by atoms with Crippen molar-refractivity contribution in [3.8, 4) is 0 Å². The lowest BCUT2D eigenvalue weighted by atomic mass is 10.1. The Morgan fingerprint density at radius 2 is 1.86 bits per heavy atom. The molecule has 0 rings (SSSR count). The first kappa shape index (κ1) is 24.2. The molecule has 2 N–H and O–H groups in total. The molecule has 0 heterocycles. The van der Waals surface area contributed by atoms with E-state index in [1.54, 1.807) is 7.11 Å². The highest BCUT2D eigenvalue weighted by Gasteiger charge is 2.04. The smallest absolute Gasteiger partial charge is 0.191 e. The van der Waals surface area contributed by atoms with E-state index in [-0.39, 0.29) is 24.0 Å². The fourth-order valence-corrected chi connectivity index (χ4v) is 2.00. The van der Waals surface area contributed by atoms with Gasteiger partial charge < -0.3 is 20.1 Å². The predicted octanol–water partition coefficient (Wildman–Crippen LogP) is 3.18. The van der Waals surface area contributed by atoms with Gasteiger partial charge in [-0.2, -0.15) is 0 Å². The molecule has 0 bridgehead atoms. The fourth-order valence-electron chi connectivity index (χ4n) is 2.00. The molecule has 0 aromatic carbocycles. The predicted molar refractivity (Wildman–Crippen MR) is 105 cm³/mol. The topological polar surface area (TPSA) is 54.9 Å². The summed E-state index contributed by atoms with van der Waals surface area (Å²) in [5, 5.41) is 6.75. The minimum atomic E-state index is 0. The van der Waals surface area contributed by atoms with E-state index >= 15 is 0 Å². The number of hydrogen-bond donors (Lipinski definition) is 2. The summed E-state index contributed by atoms with van der Waals surface area (Å²) >= 11 is 0. The quantitative estimate of drug-likeness (QED) is 0.204. The molecule has 0 aliphatic rings. The van der Waals surface area contributed by atoms with Crippen LogP contribution in [0.1, 0.15) is 52.4 Å². The highest BCUT2D eigenvalue weighted by molar-refractivity contribution is 14.0. The van der Waals surface area contributed by atoms with Gasteiger partial charge in [-0.1, -0.05) is 32.6 Å². The summed E-state index contributed by atoms with van der Waals surface area (Å²) in [5.41, 5.74) is 0. The number of halogens is 1. The first-order chi connectivity index (χ1) is 10.2. The molecule has 0 saturated heterocycles. The Morgan fingerprint density at radius 1 is 1.09 bits per heavy atom. The van der Waals surface area contributed by atoms with Crippen LogP contribution in [0.15, 0.2) is 4.99 Å². The molecule has 0 aromatic heterocycles. The highest BCUT2D eigenvalue weighted by atomic mass is 127. The third kappa shape index (κ3) is 16.3. The summed E-state index contributed by atoms with van der Waals surface area (Å²) < 4.78 is 10.3. The van der Waals surface area contributed by atoms with Crippen molar-refractivity contribution in [3.63, 3.8) is 0 Å². The minimum absolute atomic E-state index is 0. The number of guanidine groups is 1. The maximum absolute atomic E-state index is 5.42. The maximum Gasteiger partial charge on any atom is 0.191 e. The number of nitrogens with one attached hydrogen (secondary N) is 2. The Hall–Kier alpha value is -0.0800. The van der Waals surface area contributed by atoms with Gasteiger partial charge in [0, 0.05) is 33.4 Å². The summed E-state index contributed by atoms with van der Waals surface area (Å²) in [6.07, 6.45) is 7.40. The first-order valence-corrected chi connectivity index (χ1v) is 8.28.